The molecule has 7 nitrogen and oxygen atoms in total. The monoisotopic (exact) mass is 281 g/mol. The van der Waals surface area contributed by atoms with Crippen LogP contribution in [0.3, 0.4) is 0 Å². The van der Waals surface area contributed by atoms with Crippen LogP contribution < -0.4 is 5.73 Å². The third kappa shape index (κ3) is 3.62. The Hall–Kier alpha value is -2.25. The number of rotatable bonds is 6. The minimum atomic E-state index is -1.75. The number of amides is 1. The summed E-state index contributed by atoms with van der Waals surface area (Å²) < 4.78 is 4.57. The number of hydrogen-bond donors (Lipinski definition) is 3. The Labute approximate surface area is 115 Å². The smallest absolute Gasteiger partial charge is 0.379 e. The van der Waals surface area contributed by atoms with E-state index in [1.807, 2.05) is 0 Å². The van der Waals surface area contributed by atoms with Gasteiger partial charge in [-0.25, -0.2) is 4.79 Å². The number of hydrogen-bond acceptors (Lipinski definition) is 6. The van der Waals surface area contributed by atoms with E-state index in [0.717, 1.165) is 0 Å². The number of aliphatic hydroxyl groups is 2. The van der Waals surface area contributed by atoms with Gasteiger partial charge in [0, 0.05) is 5.56 Å². The topological polar surface area (TPSA) is 127 Å². The third-order valence-corrected chi connectivity index (χ3v) is 2.57. The lowest BCUT2D eigenvalue weighted by Crippen LogP contribution is -2.33. The molecule has 0 saturated carbocycles. The van der Waals surface area contributed by atoms with Crippen molar-refractivity contribution in [1.29, 1.82) is 0 Å². The first-order valence-corrected chi connectivity index (χ1v) is 5.85. The van der Waals surface area contributed by atoms with Gasteiger partial charge in [0.2, 0.25) is 5.91 Å². The lowest BCUT2D eigenvalue weighted by atomic mass is 10.0. The summed E-state index contributed by atoms with van der Waals surface area (Å²) in [5, 5.41) is 19.0. The Kier molecular flexibility index (Phi) is 5.36. The molecule has 0 bridgehead atoms. The molecule has 20 heavy (non-hydrogen) atoms. The predicted octanol–water partition coefficient (Wildman–Crippen LogP) is -0.688. The maximum atomic E-state index is 11.6. The number of esters is 1. The molecule has 0 saturated heterocycles. The standard InChI is InChI=1S/C13H15NO6/c1-2-20-13(19)10(16)8-5-3-7(4-6-8)9(15)11(17)12(14)18/h3-6,9,11,15,17H,2H2,1H3,(H2,14,18). The minimum Gasteiger partial charge on any atom is -0.460 e. The van der Waals surface area contributed by atoms with Crippen LogP contribution in [0.5, 0.6) is 0 Å². The number of benzene rings is 1. The Morgan fingerprint density at radius 3 is 2.20 bits per heavy atom. The van der Waals surface area contributed by atoms with Crippen molar-refractivity contribution in [1.82, 2.24) is 0 Å². The molecule has 0 fully saturated rings. The molecule has 108 valence electrons. The molecule has 0 spiro atoms. The fourth-order valence-corrected chi connectivity index (χ4v) is 1.48. The number of Topliss-reactive ketones (excluding diaryl/α,β-unsaturated/α-hetero) is 1. The molecule has 0 aliphatic rings. The van der Waals surface area contributed by atoms with Crippen molar-refractivity contribution in [2.45, 2.75) is 19.1 Å². The molecule has 0 aliphatic carbocycles. The predicted molar refractivity (Wildman–Crippen MR) is 67.6 cm³/mol. The van der Waals surface area contributed by atoms with Crippen LogP contribution in [0, 0.1) is 0 Å². The first-order chi connectivity index (χ1) is 9.38. The number of aliphatic hydroxyl groups excluding tert-OH is 2. The van der Waals surface area contributed by atoms with Crippen molar-refractivity contribution in [3.05, 3.63) is 35.4 Å². The molecule has 0 radical (unpaired) electrons. The van der Waals surface area contributed by atoms with E-state index in [1.54, 1.807) is 6.92 Å². The number of carbonyl (C=O) groups is 3. The highest BCUT2D eigenvalue weighted by Gasteiger charge is 2.24. The summed E-state index contributed by atoms with van der Waals surface area (Å²) in [6.07, 6.45) is -3.25. The quantitative estimate of drug-likeness (QED) is 0.360. The van der Waals surface area contributed by atoms with Crippen LogP contribution in [0.25, 0.3) is 0 Å². The summed E-state index contributed by atoms with van der Waals surface area (Å²) in [6.45, 7) is 1.67. The molecule has 1 amide bonds. The van der Waals surface area contributed by atoms with Crippen molar-refractivity contribution in [2.24, 2.45) is 5.73 Å². The van der Waals surface area contributed by atoms with Gasteiger partial charge >= 0.3 is 5.97 Å². The summed E-state index contributed by atoms with van der Waals surface area (Å²) in [6, 6.07) is 5.18. The van der Waals surface area contributed by atoms with Crippen molar-refractivity contribution in [3.8, 4) is 0 Å². The number of ketones is 1. The van der Waals surface area contributed by atoms with Crippen molar-refractivity contribution >= 4 is 17.7 Å². The molecule has 0 aromatic heterocycles. The van der Waals surface area contributed by atoms with Gasteiger partial charge in [0.25, 0.3) is 5.78 Å². The Balaban J connectivity index is 2.86. The van der Waals surface area contributed by atoms with E-state index in [4.69, 9.17) is 5.73 Å². The fraction of sp³-hybridized carbons (Fsp3) is 0.308. The van der Waals surface area contributed by atoms with Crippen LogP contribution in [0.1, 0.15) is 28.9 Å². The Bertz CT molecular complexity index is 510. The maximum Gasteiger partial charge on any atom is 0.379 e. The summed E-state index contributed by atoms with van der Waals surface area (Å²) in [4.78, 5) is 33.6. The molecular formula is C13H15NO6. The molecule has 4 N–H and O–H groups in total. The zero-order valence-electron chi connectivity index (χ0n) is 10.8. The van der Waals surface area contributed by atoms with Crippen LogP contribution in [0.2, 0.25) is 0 Å². The van der Waals surface area contributed by atoms with E-state index in [0.29, 0.717) is 0 Å². The number of primary amides is 1. The van der Waals surface area contributed by atoms with Crippen LogP contribution in [0.4, 0.5) is 0 Å². The van der Waals surface area contributed by atoms with Gasteiger partial charge in [0.05, 0.1) is 6.61 Å². The summed E-state index contributed by atoms with van der Waals surface area (Å²) in [5.74, 6) is -2.86. The van der Waals surface area contributed by atoms with Gasteiger partial charge in [0.15, 0.2) is 6.10 Å². The molecule has 0 heterocycles. The van der Waals surface area contributed by atoms with Crippen LogP contribution in [-0.2, 0) is 14.3 Å². The average Bonchev–Trinajstić information content (AvgIpc) is 2.45. The zero-order valence-corrected chi connectivity index (χ0v) is 10.8. The van der Waals surface area contributed by atoms with Gasteiger partial charge < -0.3 is 20.7 Å². The average molecular weight is 281 g/mol. The van der Waals surface area contributed by atoms with Gasteiger partial charge in [-0.05, 0) is 12.5 Å². The lowest BCUT2D eigenvalue weighted by Gasteiger charge is -2.15. The summed E-state index contributed by atoms with van der Waals surface area (Å²) >= 11 is 0. The van der Waals surface area contributed by atoms with E-state index in [9.17, 15) is 24.6 Å². The Morgan fingerprint density at radius 1 is 1.20 bits per heavy atom. The molecule has 1 aromatic carbocycles. The normalized spacial score (nSPS) is 13.3. The van der Waals surface area contributed by atoms with E-state index >= 15 is 0 Å². The van der Waals surface area contributed by atoms with Crippen LogP contribution >= 0.6 is 0 Å². The summed E-state index contributed by atoms with van der Waals surface area (Å²) in [5.41, 5.74) is 5.13. The Morgan fingerprint density at radius 2 is 1.75 bits per heavy atom. The molecule has 2 atom stereocenters. The van der Waals surface area contributed by atoms with E-state index in [1.165, 1.54) is 24.3 Å². The highest BCUT2D eigenvalue weighted by Crippen LogP contribution is 2.17. The second-order valence-electron chi connectivity index (χ2n) is 3.96. The van der Waals surface area contributed by atoms with Crippen molar-refractivity contribution < 1.29 is 29.3 Å². The van der Waals surface area contributed by atoms with E-state index in [2.05, 4.69) is 4.74 Å². The third-order valence-electron chi connectivity index (χ3n) is 2.57. The van der Waals surface area contributed by atoms with Gasteiger partial charge in [0.1, 0.15) is 6.10 Å². The first kappa shape index (κ1) is 15.8. The zero-order chi connectivity index (χ0) is 15.3. The minimum absolute atomic E-state index is 0.0768. The largest absolute Gasteiger partial charge is 0.460 e. The van der Waals surface area contributed by atoms with Crippen LogP contribution in [0.15, 0.2) is 24.3 Å². The molecule has 2 unspecified atom stereocenters. The maximum absolute atomic E-state index is 11.6. The van der Waals surface area contributed by atoms with Gasteiger partial charge in [-0.3, -0.25) is 9.59 Å². The number of nitrogens with two attached hydrogens (primary N) is 1. The highest BCUT2D eigenvalue weighted by molar-refractivity contribution is 6.40. The number of ether oxygens (including phenoxy) is 1. The van der Waals surface area contributed by atoms with Crippen molar-refractivity contribution in [2.75, 3.05) is 6.61 Å². The molecule has 1 aromatic rings. The molecular weight excluding hydrogens is 266 g/mol. The van der Waals surface area contributed by atoms with Gasteiger partial charge in [-0.15, -0.1) is 0 Å². The lowest BCUT2D eigenvalue weighted by molar-refractivity contribution is -0.137. The molecule has 1 rings (SSSR count). The van der Waals surface area contributed by atoms with Crippen LogP contribution in [-0.4, -0.2) is 40.6 Å². The second kappa shape index (κ2) is 6.78. The van der Waals surface area contributed by atoms with Gasteiger partial charge in [-0.2, -0.15) is 0 Å². The summed E-state index contributed by atoms with van der Waals surface area (Å²) in [7, 11) is 0. The van der Waals surface area contributed by atoms with E-state index in [-0.39, 0.29) is 17.7 Å². The highest BCUT2D eigenvalue weighted by atomic mass is 16.5. The van der Waals surface area contributed by atoms with Crippen molar-refractivity contribution in [3.63, 3.8) is 0 Å². The first-order valence-electron chi connectivity index (χ1n) is 5.85. The SMILES string of the molecule is CCOC(=O)C(=O)c1ccc(C(O)C(O)C(N)=O)cc1. The number of carbonyl (C=O) groups excluding carboxylic acids is 3. The second-order valence-corrected chi connectivity index (χ2v) is 3.96. The van der Waals surface area contributed by atoms with E-state index < -0.39 is 29.9 Å². The molecule has 7 heteroatoms. The van der Waals surface area contributed by atoms with Gasteiger partial charge in [-0.1, -0.05) is 24.3 Å². The molecule has 0 aliphatic heterocycles. The fourth-order valence-electron chi connectivity index (χ4n) is 1.48.